The lowest BCUT2D eigenvalue weighted by Crippen LogP contribution is -2.00. The number of nitrogens with two attached hydrogens (primary N) is 1. The second-order valence-corrected chi connectivity index (χ2v) is 2.49. The van der Waals surface area contributed by atoms with E-state index in [0.717, 1.165) is 0 Å². The van der Waals surface area contributed by atoms with Crippen LogP contribution in [0.25, 0.3) is 0 Å². The largest absolute Gasteiger partial charge is 0.412 e. The zero-order valence-corrected chi connectivity index (χ0v) is 6.49. The molecule has 2 rings (SSSR count). The van der Waals surface area contributed by atoms with E-state index in [0.29, 0.717) is 5.75 Å². The molecule has 0 unspecified atom stereocenters. The van der Waals surface area contributed by atoms with Gasteiger partial charge in [0, 0.05) is 0 Å². The summed E-state index contributed by atoms with van der Waals surface area (Å²) in [4.78, 5) is 4.41. The Labute approximate surface area is 66.9 Å². The Morgan fingerprint density at radius 2 is 1.55 bits per heavy atom. The normalized spacial score (nSPS) is 12.8. The molecule has 1 aliphatic rings. The maximum Gasteiger partial charge on any atom is 0.146 e. The Morgan fingerprint density at radius 3 is 1.82 bits per heavy atom. The highest BCUT2D eigenvalue weighted by Gasteiger charge is 1.95. The van der Waals surface area contributed by atoms with Crippen LogP contribution in [0.2, 0.25) is 0 Å². The second kappa shape index (κ2) is 4.74. The molecule has 1 saturated carbocycles. The Bertz CT molecular complexity index is 181. The van der Waals surface area contributed by atoms with Crippen molar-refractivity contribution in [3.05, 3.63) is 30.3 Å². The van der Waals surface area contributed by atoms with Gasteiger partial charge in [-0.1, -0.05) is 37.5 Å². The molecular formula is C9H13NO. The van der Waals surface area contributed by atoms with E-state index in [1.165, 1.54) is 19.3 Å². The maximum atomic E-state index is 4.85. The molecule has 0 radical (unpaired) electrons. The van der Waals surface area contributed by atoms with Crippen molar-refractivity contribution < 1.29 is 4.84 Å². The lowest BCUT2D eigenvalue weighted by molar-refractivity contribution is 0.334. The van der Waals surface area contributed by atoms with Crippen molar-refractivity contribution in [1.29, 1.82) is 0 Å². The van der Waals surface area contributed by atoms with Gasteiger partial charge in [0.1, 0.15) is 5.75 Å². The summed E-state index contributed by atoms with van der Waals surface area (Å²) in [6.07, 6.45) is 4.50. The van der Waals surface area contributed by atoms with Crippen molar-refractivity contribution in [2.45, 2.75) is 19.3 Å². The lowest BCUT2D eigenvalue weighted by atomic mass is 10.3. The smallest absolute Gasteiger partial charge is 0.146 e. The van der Waals surface area contributed by atoms with Gasteiger partial charge < -0.3 is 4.84 Å². The van der Waals surface area contributed by atoms with Gasteiger partial charge >= 0.3 is 0 Å². The highest BCUT2D eigenvalue weighted by atomic mass is 16.6. The topological polar surface area (TPSA) is 35.2 Å². The average molecular weight is 151 g/mol. The molecule has 1 fully saturated rings. The minimum absolute atomic E-state index is 0.688. The van der Waals surface area contributed by atoms with E-state index in [2.05, 4.69) is 4.84 Å². The molecule has 1 aromatic rings. The first kappa shape index (κ1) is 8.08. The van der Waals surface area contributed by atoms with E-state index < -0.39 is 0 Å². The fraction of sp³-hybridized carbons (Fsp3) is 0.333. The van der Waals surface area contributed by atoms with Crippen molar-refractivity contribution in [3.63, 3.8) is 0 Å². The highest BCUT2D eigenvalue weighted by molar-refractivity contribution is 5.20. The van der Waals surface area contributed by atoms with Gasteiger partial charge in [-0.25, -0.2) is 0 Å². The molecule has 0 aliphatic heterocycles. The molecule has 0 amide bonds. The lowest BCUT2D eigenvalue weighted by Gasteiger charge is -1.92. The van der Waals surface area contributed by atoms with Crippen LogP contribution in [0.3, 0.4) is 0 Å². The van der Waals surface area contributed by atoms with Crippen molar-refractivity contribution in [1.82, 2.24) is 0 Å². The zero-order valence-electron chi connectivity index (χ0n) is 6.49. The molecule has 0 atom stereocenters. The molecule has 0 bridgehead atoms. The summed E-state index contributed by atoms with van der Waals surface area (Å²) >= 11 is 0. The van der Waals surface area contributed by atoms with E-state index in [-0.39, 0.29) is 0 Å². The van der Waals surface area contributed by atoms with Crippen LogP contribution in [0.5, 0.6) is 5.75 Å². The Balaban J connectivity index is 0.000000167. The zero-order chi connectivity index (χ0) is 7.94. The summed E-state index contributed by atoms with van der Waals surface area (Å²) in [5.74, 6) is 5.54. The SMILES string of the molecule is C1CC1.NOc1ccccc1. The van der Waals surface area contributed by atoms with Crippen LogP contribution in [0.1, 0.15) is 19.3 Å². The summed E-state index contributed by atoms with van der Waals surface area (Å²) in [6, 6.07) is 9.22. The quantitative estimate of drug-likeness (QED) is 0.624. The molecule has 60 valence electrons. The van der Waals surface area contributed by atoms with Gasteiger partial charge in [0.05, 0.1) is 0 Å². The third-order valence-corrected chi connectivity index (χ3v) is 1.23. The fourth-order valence-corrected chi connectivity index (χ4v) is 0.499. The molecule has 0 heterocycles. The number of rotatable bonds is 1. The van der Waals surface area contributed by atoms with Crippen LogP contribution >= 0.6 is 0 Å². The number of hydrogen-bond acceptors (Lipinski definition) is 2. The van der Waals surface area contributed by atoms with Crippen LogP contribution in [0.15, 0.2) is 30.3 Å². The summed E-state index contributed by atoms with van der Waals surface area (Å²) < 4.78 is 0. The minimum atomic E-state index is 0.688. The molecule has 2 heteroatoms. The number of benzene rings is 1. The number of hydrogen-bond donors (Lipinski definition) is 1. The van der Waals surface area contributed by atoms with E-state index in [1.54, 1.807) is 12.1 Å². The first-order valence-corrected chi connectivity index (χ1v) is 3.85. The highest BCUT2D eigenvalue weighted by Crippen LogP contribution is 2.14. The third-order valence-electron chi connectivity index (χ3n) is 1.23. The van der Waals surface area contributed by atoms with E-state index in [4.69, 9.17) is 5.90 Å². The molecule has 2 N–H and O–H groups in total. The molecule has 1 aromatic carbocycles. The van der Waals surface area contributed by atoms with Crippen molar-refractivity contribution in [2.24, 2.45) is 5.90 Å². The predicted octanol–water partition coefficient (Wildman–Crippen LogP) is 2.11. The molecule has 0 saturated heterocycles. The van der Waals surface area contributed by atoms with Gasteiger partial charge in [0.15, 0.2) is 0 Å². The van der Waals surface area contributed by atoms with Crippen LogP contribution < -0.4 is 10.7 Å². The standard InChI is InChI=1S/C6H7NO.C3H6/c7-8-6-4-2-1-3-5-6;1-2-3-1/h1-5H,7H2;1-3H2. The molecule has 2 nitrogen and oxygen atoms in total. The Kier molecular flexibility index (Phi) is 3.48. The Morgan fingerprint density at radius 1 is 1.00 bits per heavy atom. The van der Waals surface area contributed by atoms with Gasteiger partial charge in [-0.3, -0.25) is 0 Å². The average Bonchev–Trinajstić information content (AvgIpc) is 2.92. The Hall–Kier alpha value is -1.02. The van der Waals surface area contributed by atoms with Gasteiger partial charge in [-0.2, -0.15) is 5.90 Å². The summed E-state index contributed by atoms with van der Waals surface area (Å²) in [5.41, 5.74) is 0. The predicted molar refractivity (Wildman–Crippen MR) is 45.1 cm³/mol. The van der Waals surface area contributed by atoms with Gasteiger partial charge in [-0.15, -0.1) is 0 Å². The van der Waals surface area contributed by atoms with E-state index in [1.807, 2.05) is 18.2 Å². The van der Waals surface area contributed by atoms with E-state index >= 15 is 0 Å². The van der Waals surface area contributed by atoms with Crippen LogP contribution in [0, 0.1) is 0 Å². The summed E-state index contributed by atoms with van der Waals surface area (Å²) in [7, 11) is 0. The first-order valence-electron chi connectivity index (χ1n) is 3.85. The number of para-hydroxylation sites is 1. The van der Waals surface area contributed by atoms with Gasteiger partial charge in [-0.05, 0) is 12.1 Å². The van der Waals surface area contributed by atoms with Gasteiger partial charge in [0.25, 0.3) is 0 Å². The fourth-order valence-electron chi connectivity index (χ4n) is 0.499. The van der Waals surface area contributed by atoms with Crippen LogP contribution in [-0.4, -0.2) is 0 Å². The van der Waals surface area contributed by atoms with E-state index in [9.17, 15) is 0 Å². The molecule has 0 spiro atoms. The first-order chi connectivity index (χ1) is 5.43. The minimum Gasteiger partial charge on any atom is -0.412 e. The monoisotopic (exact) mass is 151 g/mol. The molecule has 0 aromatic heterocycles. The van der Waals surface area contributed by atoms with Crippen molar-refractivity contribution in [2.75, 3.05) is 0 Å². The van der Waals surface area contributed by atoms with Crippen LogP contribution in [-0.2, 0) is 0 Å². The maximum absolute atomic E-state index is 4.85. The van der Waals surface area contributed by atoms with Crippen molar-refractivity contribution in [3.8, 4) is 5.75 Å². The van der Waals surface area contributed by atoms with Crippen molar-refractivity contribution >= 4 is 0 Å². The molecule has 11 heavy (non-hydrogen) atoms. The molecule has 1 aliphatic carbocycles. The summed E-state index contributed by atoms with van der Waals surface area (Å²) in [5, 5.41) is 0. The third kappa shape index (κ3) is 4.39. The summed E-state index contributed by atoms with van der Waals surface area (Å²) in [6.45, 7) is 0. The van der Waals surface area contributed by atoms with Crippen LogP contribution in [0.4, 0.5) is 0 Å². The van der Waals surface area contributed by atoms with Gasteiger partial charge in [0.2, 0.25) is 0 Å². The molecular weight excluding hydrogens is 138 g/mol. The second-order valence-electron chi connectivity index (χ2n) is 2.49.